The summed E-state index contributed by atoms with van der Waals surface area (Å²) in [7, 11) is 1.35. The van der Waals surface area contributed by atoms with Crippen LogP contribution >= 0.6 is 0 Å². The SMILES string of the molecule is CO[C@@H]1O[C@H](CO)[C@@H](O)[C@H](O)[C@@H]1NC(C)=O. The van der Waals surface area contributed by atoms with E-state index < -0.39 is 37.3 Å². The maximum Gasteiger partial charge on any atom is 0.217 e. The summed E-state index contributed by atoms with van der Waals surface area (Å²) in [6.45, 7) is 0.842. The van der Waals surface area contributed by atoms with Gasteiger partial charge in [0, 0.05) is 14.0 Å². The van der Waals surface area contributed by atoms with Crippen molar-refractivity contribution < 1.29 is 29.6 Å². The van der Waals surface area contributed by atoms with Crippen LogP contribution in [0.1, 0.15) is 6.92 Å². The number of aliphatic hydroxyl groups excluding tert-OH is 3. The molecule has 0 radical (unpaired) electrons. The average Bonchev–Trinajstić information content (AvgIpc) is 2.25. The number of aliphatic hydroxyl groups is 3. The third kappa shape index (κ3) is 2.69. The van der Waals surface area contributed by atoms with Crippen LogP contribution in [0.5, 0.6) is 0 Å². The van der Waals surface area contributed by atoms with Gasteiger partial charge in [-0.25, -0.2) is 0 Å². The monoisotopic (exact) mass is 235 g/mol. The van der Waals surface area contributed by atoms with Gasteiger partial charge in [0.05, 0.1) is 6.61 Å². The lowest BCUT2D eigenvalue weighted by Gasteiger charge is -2.41. The van der Waals surface area contributed by atoms with Crippen LogP contribution in [-0.4, -0.2) is 65.6 Å². The molecule has 1 rings (SSSR count). The fraction of sp³-hybridized carbons (Fsp3) is 0.889. The third-order valence-electron chi connectivity index (χ3n) is 2.48. The van der Waals surface area contributed by atoms with Gasteiger partial charge in [0.25, 0.3) is 0 Å². The van der Waals surface area contributed by atoms with Crippen LogP contribution in [0.3, 0.4) is 0 Å². The number of ether oxygens (including phenoxy) is 2. The Morgan fingerprint density at radius 2 is 2.06 bits per heavy atom. The summed E-state index contributed by atoms with van der Waals surface area (Å²) in [4.78, 5) is 10.9. The minimum atomic E-state index is -1.27. The molecule has 7 heteroatoms. The Balaban J connectivity index is 2.77. The smallest absolute Gasteiger partial charge is 0.217 e. The van der Waals surface area contributed by atoms with Crippen molar-refractivity contribution in [3.8, 4) is 0 Å². The molecule has 0 bridgehead atoms. The lowest BCUT2D eigenvalue weighted by atomic mass is 9.97. The lowest BCUT2D eigenvalue weighted by molar-refractivity contribution is -0.262. The first-order chi connectivity index (χ1) is 7.51. The lowest BCUT2D eigenvalue weighted by Crippen LogP contribution is -2.64. The van der Waals surface area contributed by atoms with E-state index in [2.05, 4.69) is 5.32 Å². The van der Waals surface area contributed by atoms with E-state index in [4.69, 9.17) is 14.6 Å². The van der Waals surface area contributed by atoms with Gasteiger partial charge in [0.2, 0.25) is 5.91 Å². The molecule has 1 saturated heterocycles. The number of amides is 1. The van der Waals surface area contributed by atoms with Gasteiger partial charge >= 0.3 is 0 Å². The number of hydrogen-bond donors (Lipinski definition) is 4. The first kappa shape index (κ1) is 13.3. The van der Waals surface area contributed by atoms with Crippen molar-refractivity contribution >= 4 is 5.91 Å². The second kappa shape index (κ2) is 5.55. The molecule has 0 saturated carbocycles. The summed E-state index contributed by atoms with van der Waals surface area (Å²) in [6, 6.07) is -0.861. The minimum absolute atomic E-state index is 0.371. The Morgan fingerprint density at radius 3 is 2.50 bits per heavy atom. The average molecular weight is 235 g/mol. The molecule has 0 spiro atoms. The number of rotatable bonds is 3. The molecule has 1 heterocycles. The number of carbonyl (C=O) groups is 1. The number of carbonyl (C=O) groups excluding carboxylic acids is 1. The maximum absolute atomic E-state index is 10.9. The number of methoxy groups -OCH3 is 1. The second-order valence-electron chi connectivity index (χ2n) is 3.67. The molecule has 7 nitrogen and oxygen atoms in total. The van der Waals surface area contributed by atoms with E-state index in [1.807, 2.05) is 0 Å². The predicted octanol–water partition coefficient (Wildman–Crippen LogP) is -2.42. The molecule has 1 aliphatic heterocycles. The Hall–Kier alpha value is -0.730. The van der Waals surface area contributed by atoms with Crippen molar-refractivity contribution in [3.63, 3.8) is 0 Å². The van der Waals surface area contributed by atoms with Crippen LogP contribution in [0.2, 0.25) is 0 Å². The number of nitrogens with one attached hydrogen (secondary N) is 1. The highest BCUT2D eigenvalue weighted by atomic mass is 16.7. The van der Waals surface area contributed by atoms with E-state index >= 15 is 0 Å². The van der Waals surface area contributed by atoms with Gasteiger partial charge in [0.15, 0.2) is 6.29 Å². The zero-order valence-electron chi connectivity index (χ0n) is 9.16. The summed E-state index contributed by atoms with van der Waals surface area (Å²) in [5, 5.41) is 30.7. The van der Waals surface area contributed by atoms with Crippen LogP contribution in [0.15, 0.2) is 0 Å². The van der Waals surface area contributed by atoms with Crippen LogP contribution in [-0.2, 0) is 14.3 Å². The van der Waals surface area contributed by atoms with Gasteiger partial charge in [-0.3, -0.25) is 4.79 Å². The molecule has 0 aromatic carbocycles. The Kier molecular flexibility index (Phi) is 4.63. The molecule has 1 fully saturated rings. The van der Waals surface area contributed by atoms with Crippen molar-refractivity contribution in [2.45, 2.75) is 37.6 Å². The molecule has 0 unspecified atom stereocenters. The first-order valence-electron chi connectivity index (χ1n) is 4.93. The van der Waals surface area contributed by atoms with Crippen LogP contribution in [0, 0.1) is 0 Å². The summed E-state index contributed by atoms with van der Waals surface area (Å²) >= 11 is 0. The third-order valence-corrected chi connectivity index (χ3v) is 2.48. The van der Waals surface area contributed by atoms with Gasteiger partial charge in [-0.15, -0.1) is 0 Å². The predicted molar refractivity (Wildman–Crippen MR) is 52.4 cm³/mol. The van der Waals surface area contributed by atoms with Gasteiger partial charge in [-0.2, -0.15) is 0 Å². The molecule has 5 atom stereocenters. The fourth-order valence-corrected chi connectivity index (χ4v) is 1.67. The van der Waals surface area contributed by atoms with E-state index in [1.54, 1.807) is 0 Å². The van der Waals surface area contributed by atoms with Crippen LogP contribution < -0.4 is 5.32 Å². The molecule has 16 heavy (non-hydrogen) atoms. The van der Waals surface area contributed by atoms with Crippen LogP contribution in [0.25, 0.3) is 0 Å². The molecular weight excluding hydrogens is 218 g/mol. The van der Waals surface area contributed by atoms with Gasteiger partial charge in [-0.05, 0) is 0 Å². The zero-order valence-corrected chi connectivity index (χ0v) is 9.16. The van der Waals surface area contributed by atoms with E-state index in [1.165, 1.54) is 14.0 Å². The van der Waals surface area contributed by atoms with Crippen molar-refractivity contribution in [2.75, 3.05) is 13.7 Å². The van der Waals surface area contributed by atoms with Crippen molar-refractivity contribution in [1.29, 1.82) is 0 Å². The molecule has 1 amide bonds. The molecule has 1 aliphatic rings. The number of hydrogen-bond acceptors (Lipinski definition) is 6. The molecule has 0 aromatic heterocycles. The molecular formula is C9H17NO6. The Morgan fingerprint density at radius 1 is 1.44 bits per heavy atom. The highest BCUT2D eigenvalue weighted by Crippen LogP contribution is 2.21. The normalized spacial score (nSPS) is 39.4. The molecule has 0 aromatic rings. The van der Waals surface area contributed by atoms with E-state index in [-0.39, 0.29) is 5.91 Å². The minimum Gasteiger partial charge on any atom is -0.394 e. The van der Waals surface area contributed by atoms with Gasteiger partial charge < -0.3 is 30.1 Å². The van der Waals surface area contributed by atoms with Gasteiger partial charge in [0.1, 0.15) is 24.4 Å². The molecule has 4 N–H and O–H groups in total. The topological polar surface area (TPSA) is 108 Å². The van der Waals surface area contributed by atoms with Crippen LogP contribution in [0.4, 0.5) is 0 Å². The summed E-state index contributed by atoms with van der Waals surface area (Å²) < 4.78 is 10.1. The van der Waals surface area contributed by atoms with E-state index in [0.29, 0.717) is 0 Å². The van der Waals surface area contributed by atoms with Crippen molar-refractivity contribution in [3.05, 3.63) is 0 Å². The van der Waals surface area contributed by atoms with Crippen molar-refractivity contribution in [2.24, 2.45) is 0 Å². The summed E-state index contributed by atoms with van der Waals surface area (Å²) in [6.07, 6.45) is -4.35. The standard InChI is InChI=1S/C9H17NO6/c1-4(12)10-6-8(14)7(13)5(3-11)16-9(6)15-2/h5-9,11,13-14H,3H2,1-2H3,(H,10,12)/t5-,6+,7-,8-,9-/m1/s1. The highest BCUT2D eigenvalue weighted by molar-refractivity contribution is 5.73. The zero-order chi connectivity index (χ0) is 12.3. The summed E-state index contributed by atoms with van der Waals surface area (Å²) in [5.41, 5.74) is 0. The Labute approximate surface area is 93.0 Å². The van der Waals surface area contributed by atoms with Gasteiger partial charge in [-0.1, -0.05) is 0 Å². The first-order valence-corrected chi connectivity index (χ1v) is 4.93. The Bertz CT molecular complexity index is 246. The van der Waals surface area contributed by atoms with Crippen molar-refractivity contribution in [1.82, 2.24) is 5.32 Å². The highest BCUT2D eigenvalue weighted by Gasteiger charge is 2.44. The largest absolute Gasteiger partial charge is 0.394 e. The molecule has 94 valence electrons. The van der Waals surface area contributed by atoms with E-state index in [0.717, 1.165) is 0 Å². The quantitative estimate of drug-likeness (QED) is 0.433. The summed E-state index contributed by atoms with van der Waals surface area (Å²) in [5.74, 6) is -0.371. The fourth-order valence-electron chi connectivity index (χ4n) is 1.67. The van der Waals surface area contributed by atoms with E-state index in [9.17, 15) is 15.0 Å². The molecule has 0 aliphatic carbocycles. The maximum atomic E-state index is 10.9. The second-order valence-corrected chi connectivity index (χ2v) is 3.67.